The summed E-state index contributed by atoms with van der Waals surface area (Å²) >= 11 is 0. The zero-order valence-electron chi connectivity index (χ0n) is 15.5. The van der Waals surface area contributed by atoms with Crippen molar-refractivity contribution in [1.82, 2.24) is 14.4 Å². The molecule has 1 aliphatic heterocycles. The minimum absolute atomic E-state index is 0.108. The minimum atomic E-state index is -4.04. The van der Waals surface area contributed by atoms with Crippen LogP contribution in [0.1, 0.15) is 30.1 Å². The van der Waals surface area contributed by atoms with E-state index < -0.39 is 26.4 Å². The molecule has 152 valence electrons. The molecule has 1 aromatic heterocycles. The van der Waals surface area contributed by atoms with Crippen LogP contribution in [-0.2, 0) is 22.1 Å². The van der Waals surface area contributed by atoms with Gasteiger partial charge >= 0.3 is 0 Å². The van der Waals surface area contributed by atoms with E-state index in [9.17, 15) is 12.8 Å². The van der Waals surface area contributed by atoms with Gasteiger partial charge in [0.15, 0.2) is 11.5 Å². The predicted octanol–water partition coefficient (Wildman–Crippen LogP) is 3.45. The summed E-state index contributed by atoms with van der Waals surface area (Å²) in [6, 6.07) is 14.6. The van der Waals surface area contributed by atoms with Crippen molar-refractivity contribution >= 4 is 10.0 Å². The fraction of sp³-hybridized carbons (Fsp3) is 0.300. The number of nitrogens with zero attached hydrogens (tertiary/aromatic N) is 3. The number of halogens is 2. The van der Waals surface area contributed by atoms with Gasteiger partial charge in [0.2, 0.25) is 10.0 Å². The Bertz CT molecular complexity index is 1090. The summed E-state index contributed by atoms with van der Waals surface area (Å²) in [5, 5.41) is 3.85. The monoisotopic (exact) mass is 419 g/mol. The smallest absolute Gasteiger partial charge is 0.264 e. The van der Waals surface area contributed by atoms with Crippen LogP contribution in [0.3, 0.4) is 0 Å². The van der Waals surface area contributed by atoms with Gasteiger partial charge in [-0.1, -0.05) is 47.6 Å². The predicted molar refractivity (Wildman–Crippen MR) is 101 cm³/mol. The van der Waals surface area contributed by atoms with Crippen LogP contribution in [0.25, 0.3) is 0 Å². The maximum Gasteiger partial charge on any atom is 0.264 e. The fourth-order valence-electron chi connectivity index (χ4n) is 3.37. The molecule has 0 radical (unpaired) electrons. The molecular formula is C20H19F2N3O3S. The van der Waals surface area contributed by atoms with Crippen LogP contribution >= 0.6 is 0 Å². The molecule has 0 atom stereocenters. The van der Waals surface area contributed by atoms with Crippen LogP contribution < -0.4 is 0 Å². The molecule has 0 bridgehead atoms. The molecule has 0 N–H and O–H groups in total. The summed E-state index contributed by atoms with van der Waals surface area (Å²) in [5.74, 6) is -0.608. The van der Waals surface area contributed by atoms with Gasteiger partial charge in [0.25, 0.3) is 5.89 Å². The Morgan fingerprint density at radius 2 is 1.69 bits per heavy atom. The van der Waals surface area contributed by atoms with Crippen molar-refractivity contribution in [2.45, 2.75) is 29.8 Å². The summed E-state index contributed by atoms with van der Waals surface area (Å²) in [6.45, 7) is -0.215. The third kappa shape index (κ3) is 3.92. The summed E-state index contributed by atoms with van der Waals surface area (Å²) in [7, 11) is -4.04. The van der Waals surface area contributed by atoms with Crippen LogP contribution in [0, 0.1) is 5.82 Å². The second-order valence-electron chi connectivity index (χ2n) is 6.98. The topological polar surface area (TPSA) is 76.3 Å². The lowest BCUT2D eigenvalue weighted by Gasteiger charge is -2.33. The Morgan fingerprint density at radius 3 is 2.38 bits per heavy atom. The first-order valence-electron chi connectivity index (χ1n) is 9.19. The highest BCUT2D eigenvalue weighted by atomic mass is 32.2. The van der Waals surface area contributed by atoms with Crippen LogP contribution in [0.4, 0.5) is 8.78 Å². The molecule has 6 nitrogen and oxygen atoms in total. The average Bonchev–Trinajstić information content (AvgIpc) is 3.19. The molecule has 0 unspecified atom stereocenters. The van der Waals surface area contributed by atoms with Gasteiger partial charge in [-0.3, -0.25) is 0 Å². The maximum absolute atomic E-state index is 15.4. The fourth-order valence-corrected chi connectivity index (χ4v) is 4.88. The molecular weight excluding hydrogens is 400 g/mol. The molecule has 2 heterocycles. The number of hydrogen-bond donors (Lipinski definition) is 0. The standard InChI is InChI=1S/C20H19F2N3O3S/c21-16-8-4-5-9-17(16)29(26,27)25-12-10-20(22,11-13-25)19-23-18(24-28-19)14-15-6-2-1-3-7-15/h1-9H,10-14H2. The molecule has 0 saturated carbocycles. The van der Waals surface area contributed by atoms with E-state index in [0.717, 1.165) is 15.9 Å². The highest BCUT2D eigenvalue weighted by molar-refractivity contribution is 7.89. The maximum atomic E-state index is 15.4. The lowest BCUT2D eigenvalue weighted by molar-refractivity contribution is 0.0510. The summed E-state index contributed by atoms with van der Waals surface area (Å²) in [5.41, 5.74) is -0.943. The minimum Gasteiger partial charge on any atom is -0.336 e. The van der Waals surface area contributed by atoms with E-state index in [1.807, 2.05) is 30.3 Å². The number of aromatic nitrogens is 2. The van der Waals surface area contributed by atoms with Gasteiger partial charge in [-0.25, -0.2) is 17.2 Å². The van der Waals surface area contributed by atoms with E-state index in [-0.39, 0.29) is 31.8 Å². The molecule has 0 spiro atoms. The van der Waals surface area contributed by atoms with Gasteiger partial charge in [-0.15, -0.1) is 0 Å². The second-order valence-corrected chi connectivity index (χ2v) is 8.88. The lowest BCUT2D eigenvalue weighted by atomic mass is 9.94. The molecule has 3 aromatic rings. The Morgan fingerprint density at radius 1 is 1.03 bits per heavy atom. The largest absolute Gasteiger partial charge is 0.336 e. The SMILES string of the molecule is O=S(=O)(c1ccccc1F)N1CCC(F)(c2nc(Cc3ccccc3)no2)CC1. The number of piperidine rings is 1. The van der Waals surface area contributed by atoms with Crippen LogP contribution in [0.15, 0.2) is 64.0 Å². The Labute approximate surface area is 167 Å². The number of hydrogen-bond acceptors (Lipinski definition) is 5. The number of alkyl halides is 1. The van der Waals surface area contributed by atoms with Gasteiger partial charge in [-0.2, -0.15) is 9.29 Å². The summed E-state index contributed by atoms with van der Waals surface area (Å²) < 4.78 is 60.9. The van der Waals surface area contributed by atoms with Gasteiger partial charge in [0.1, 0.15) is 10.7 Å². The van der Waals surface area contributed by atoms with Crippen LogP contribution in [0.2, 0.25) is 0 Å². The van der Waals surface area contributed by atoms with E-state index >= 15 is 4.39 Å². The molecule has 1 saturated heterocycles. The van der Waals surface area contributed by atoms with Crippen molar-refractivity contribution < 1.29 is 21.7 Å². The average molecular weight is 419 g/mol. The Kier molecular flexibility index (Phi) is 5.18. The molecule has 29 heavy (non-hydrogen) atoms. The summed E-state index contributed by atoms with van der Waals surface area (Å²) in [6.07, 6.45) is 0.121. The van der Waals surface area contributed by atoms with Gasteiger partial charge < -0.3 is 4.52 Å². The first-order chi connectivity index (χ1) is 13.9. The molecule has 1 fully saturated rings. The van der Waals surface area contributed by atoms with Crippen LogP contribution in [-0.4, -0.2) is 36.0 Å². The summed E-state index contributed by atoms with van der Waals surface area (Å²) in [4.78, 5) is 3.77. The van der Waals surface area contributed by atoms with E-state index in [2.05, 4.69) is 10.1 Å². The van der Waals surface area contributed by atoms with Crippen molar-refractivity contribution in [1.29, 1.82) is 0 Å². The first-order valence-corrected chi connectivity index (χ1v) is 10.6. The number of rotatable bonds is 5. The first kappa shape index (κ1) is 19.7. The number of sulfonamides is 1. The molecule has 9 heteroatoms. The van der Waals surface area contributed by atoms with Crippen molar-refractivity contribution in [3.8, 4) is 0 Å². The van der Waals surface area contributed by atoms with Gasteiger partial charge in [0, 0.05) is 32.4 Å². The zero-order valence-corrected chi connectivity index (χ0v) is 16.3. The third-order valence-corrected chi connectivity index (χ3v) is 6.96. The molecule has 2 aromatic carbocycles. The number of benzene rings is 2. The molecule has 0 aliphatic carbocycles. The van der Waals surface area contributed by atoms with E-state index in [4.69, 9.17) is 4.52 Å². The van der Waals surface area contributed by atoms with Crippen molar-refractivity contribution in [2.24, 2.45) is 0 Å². The van der Waals surface area contributed by atoms with E-state index in [0.29, 0.717) is 12.2 Å². The van der Waals surface area contributed by atoms with Crippen molar-refractivity contribution in [3.63, 3.8) is 0 Å². The van der Waals surface area contributed by atoms with E-state index in [1.165, 1.54) is 18.2 Å². The third-order valence-electron chi connectivity index (χ3n) is 5.03. The molecule has 4 rings (SSSR count). The van der Waals surface area contributed by atoms with Gasteiger partial charge in [-0.05, 0) is 17.7 Å². The normalized spacial score (nSPS) is 17.3. The Hall–Kier alpha value is -2.65. The highest BCUT2D eigenvalue weighted by Crippen LogP contribution is 2.37. The van der Waals surface area contributed by atoms with Crippen LogP contribution in [0.5, 0.6) is 0 Å². The highest BCUT2D eigenvalue weighted by Gasteiger charge is 2.44. The second kappa shape index (κ2) is 7.64. The quantitative estimate of drug-likeness (QED) is 0.633. The van der Waals surface area contributed by atoms with Gasteiger partial charge in [0.05, 0.1) is 0 Å². The Balaban J connectivity index is 1.47. The van der Waals surface area contributed by atoms with Crippen molar-refractivity contribution in [3.05, 3.63) is 77.7 Å². The van der Waals surface area contributed by atoms with E-state index in [1.54, 1.807) is 0 Å². The van der Waals surface area contributed by atoms with Crippen molar-refractivity contribution in [2.75, 3.05) is 13.1 Å². The zero-order chi connectivity index (χ0) is 20.5. The molecule has 1 aliphatic rings. The lowest BCUT2D eigenvalue weighted by Crippen LogP contribution is -2.43. The molecule has 0 amide bonds.